The summed E-state index contributed by atoms with van der Waals surface area (Å²) in [5.41, 5.74) is 0.248. The van der Waals surface area contributed by atoms with Crippen LogP contribution in [0.5, 0.6) is 5.75 Å². The highest BCUT2D eigenvalue weighted by Crippen LogP contribution is 2.12. The number of ether oxygens (including phenoxy) is 1. The molecule has 0 saturated carbocycles. The summed E-state index contributed by atoms with van der Waals surface area (Å²) in [5.74, 6) is 0.735. The zero-order chi connectivity index (χ0) is 12.5. The zero-order valence-corrected chi connectivity index (χ0v) is 10.6. The molecule has 0 aliphatic carbocycles. The zero-order valence-electron chi connectivity index (χ0n) is 9.81. The average molecular weight is 255 g/mol. The summed E-state index contributed by atoms with van der Waals surface area (Å²) in [5, 5.41) is 12.0. The van der Waals surface area contributed by atoms with Gasteiger partial charge in [0.25, 0.3) is 0 Å². The lowest BCUT2D eigenvalue weighted by molar-refractivity contribution is 0.0696. The minimum Gasteiger partial charge on any atom is -0.492 e. The predicted octanol–water partition coefficient (Wildman–Crippen LogP) is 1.72. The first kappa shape index (κ1) is 13.9. The van der Waals surface area contributed by atoms with Gasteiger partial charge in [-0.1, -0.05) is 6.07 Å². The summed E-state index contributed by atoms with van der Waals surface area (Å²) in [6, 6.07) is 6.52. The second-order valence-electron chi connectivity index (χ2n) is 3.42. The lowest BCUT2D eigenvalue weighted by Gasteiger charge is -2.07. The largest absolute Gasteiger partial charge is 0.492 e. The van der Waals surface area contributed by atoms with Crippen LogP contribution in [0, 0.1) is 0 Å². The van der Waals surface area contributed by atoms with Crippen molar-refractivity contribution < 1.29 is 14.6 Å². The quantitative estimate of drug-likeness (QED) is 0.693. The number of rotatable bonds is 8. The molecule has 0 heterocycles. The molecule has 0 saturated heterocycles. The molecule has 0 aromatic heterocycles. The molecule has 0 spiro atoms. The fraction of sp³-hybridized carbons (Fsp3) is 0.417. The second kappa shape index (κ2) is 7.97. The number of benzene rings is 1. The molecule has 0 fully saturated rings. The van der Waals surface area contributed by atoms with E-state index >= 15 is 0 Å². The summed E-state index contributed by atoms with van der Waals surface area (Å²) in [6.07, 6.45) is 2.07. The van der Waals surface area contributed by atoms with Crippen molar-refractivity contribution in [3.8, 4) is 5.75 Å². The molecular weight excluding hydrogens is 238 g/mol. The van der Waals surface area contributed by atoms with Gasteiger partial charge in [-0.15, -0.1) is 0 Å². The Kier molecular flexibility index (Phi) is 6.50. The molecule has 2 N–H and O–H groups in total. The monoisotopic (exact) mass is 255 g/mol. The van der Waals surface area contributed by atoms with E-state index in [1.165, 1.54) is 6.07 Å². The summed E-state index contributed by atoms with van der Waals surface area (Å²) < 4.78 is 5.44. The van der Waals surface area contributed by atoms with E-state index in [9.17, 15) is 4.79 Å². The number of carbonyl (C=O) groups is 1. The minimum absolute atomic E-state index is 0.248. The number of carboxylic acids is 1. The number of aromatic carboxylic acids is 1. The normalized spacial score (nSPS) is 10.2. The van der Waals surface area contributed by atoms with E-state index in [4.69, 9.17) is 9.84 Å². The molecular formula is C12H17NO3S. The van der Waals surface area contributed by atoms with Crippen molar-refractivity contribution in [1.82, 2.24) is 5.32 Å². The number of carboxylic acid groups (broad SMARTS) is 1. The van der Waals surface area contributed by atoms with E-state index in [1.807, 2.05) is 0 Å². The van der Waals surface area contributed by atoms with Gasteiger partial charge in [0.2, 0.25) is 0 Å². The maximum absolute atomic E-state index is 10.7. The van der Waals surface area contributed by atoms with Gasteiger partial charge in [-0.25, -0.2) is 4.79 Å². The van der Waals surface area contributed by atoms with E-state index in [1.54, 1.807) is 30.0 Å². The molecule has 0 aliphatic heterocycles. The molecule has 5 heteroatoms. The Morgan fingerprint density at radius 2 is 2.29 bits per heavy atom. The number of nitrogens with one attached hydrogen (secondary N) is 1. The molecule has 0 unspecified atom stereocenters. The Hall–Kier alpha value is -1.20. The van der Waals surface area contributed by atoms with Crippen LogP contribution in [0.4, 0.5) is 0 Å². The molecule has 0 amide bonds. The van der Waals surface area contributed by atoms with Gasteiger partial charge in [0.1, 0.15) is 12.4 Å². The van der Waals surface area contributed by atoms with Crippen molar-refractivity contribution in [1.29, 1.82) is 0 Å². The Labute approximate surface area is 105 Å². The highest BCUT2D eigenvalue weighted by Gasteiger charge is 2.03. The average Bonchev–Trinajstić information content (AvgIpc) is 2.34. The van der Waals surface area contributed by atoms with Gasteiger partial charge in [-0.3, -0.25) is 0 Å². The summed E-state index contributed by atoms with van der Waals surface area (Å²) >= 11 is 1.79. The standard InChI is InChI=1S/C12H17NO3S/c1-17-8-6-13-5-7-16-11-4-2-3-10(9-11)12(14)15/h2-4,9,13H,5-8H2,1H3,(H,14,15). The lowest BCUT2D eigenvalue weighted by Crippen LogP contribution is -2.23. The van der Waals surface area contributed by atoms with Crippen molar-refractivity contribution in [2.75, 3.05) is 31.7 Å². The van der Waals surface area contributed by atoms with E-state index < -0.39 is 5.97 Å². The van der Waals surface area contributed by atoms with Crippen LogP contribution in [0.1, 0.15) is 10.4 Å². The molecule has 0 radical (unpaired) electrons. The third-order valence-corrected chi connectivity index (χ3v) is 2.72. The molecule has 1 aromatic rings. The van der Waals surface area contributed by atoms with E-state index in [2.05, 4.69) is 11.6 Å². The first-order valence-electron chi connectivity index (χ1n) is 5.40. The SMILES string of the molecule is CSCCNCCOc1cccc(C(=O)O)c1. The highest BCUT2D eigenvalue weighted by molar-refractivity contribution is 7.98. The number of hydrogen-bond donors (Lipinski definition) is 2. The molecule has 17 heavy (non-hydrogen) atoms. The molecule has 0 atom stereocenters. The molecule has 0 bridgehead atoms. The van der Waals surface area contributed by atoms with Gasteiger partial charge in [-0.05, 0) is 24.5 Å². The lowest BCUT2D eigenvalue weighted by atomic mass is 10.2. The first-order valence-corrected chi connectivity index (χ1v) is 6.79. The number of thioether (sulfide) groups is 1. The van der Waals surface area contributed by atoms with Crippen LogP contribution in [0.2, 0.25) is 0 Å². The van der Waals surface area contributed by atoms with Gasteiger partial charge < -0.3 is 15.2 Å². The van der Waals surface area contributed by atoms with E-state index in [-0.39, 0.29) is 5.56 Å². The van der Waals surface area contributed by atoms with Crippen molar-refractivity contribution in [3.63, 3.8) is 0 Å². The second-order valence-corrected chi connectivity index (χ2v) is 4.41. The van der Waals surface area contributed by atoms with Crippen LogP contribution in [0.15, 0.2) is 24.3 Å². The highest BCUT2D eigenvalue weighted by atomic mass is 32.2. The Bertz CT molecular complexity index is 357. The Balaban J connectivity index is 2.27. The molecule has 1 aromatic carbocycles. The van der Waals surface area contributed by atoms with Gasteiger partial charge >= 0.3 is 5.97 Å². The van der Waals surface area contributed by atoms with Crippen LogP contribution >= 0.6 is 11.8 Å². The molecule has 0 aliphatic rings. The fourth-order valence-corrected chi connectivity index (χ4v) is 1.61. The van der Waals surface area contributed by atoms with E-state index in [0.29, 0.717) is 12.4 Å². The molecule has 1 rings (SSSR count). The third-order valence-electron chi connectivity index (χ3n) is 2.11. The van der Waals surface area contributed by atoms with Gasteiger partial charge in [0.15, 0.2) is 0 Å². The van der Waals surface area contributed by atoms with Crippen LogP contribution in [0.25, 0.3) is 0 Å². The summed E-state index contributed by atoms with van der Waals surface area (Å²) in [7, 11) is 0. The minimum atomic E-state index is -0.937. The van der Waals surface area contributed by atoms with Crippen LogP contribution in [0.3, 0.4) is 0 Å². The predicted molar refractivity (Wildman–Crippen MR) is 70.1 cm³/mol. The van der Waals surface area contributed by atoms with Crippen LogP contribution in [-0.2, 0) is 0 Å². The van der Waals surface area contributed by atoms with Crippen molar-refractivity contribution >= 4 is 17.7 Å². The Morgan fingerprint density at radius 3 is 3.00 bits per heavy atom. The van der Waals surface area contributed by atoms with Crippen LogP contribution in [-0.4, -0.2) is 42.8 Å². The van der Waals surface area contributed by atoms with Crippen molar-refractivity contribution in [3.05, 3.63) is 29.8 Å². The maximum atomic E-state index is 10.7. The van der Waals surface area contributed by atoms with Gasteiger partial charge in [-0.2, -0.15) is 11.8 Å². The third kappa shape index (κ3) is 5.60. The first-order chi connectivity index (χ1) is 8.24. The Morgan fingerprint density at radius 1 is 1.47 bits per heavy atom. The molecule has 94 valence electrons. The number of hydrogen-bond acceptors (Lipinski definition) is 4. The summed E-state index contributed by atoms with van der Waals surface area (Å²) in [4.78, 5) is 10.7. The van der Waals surface area contributed by atoms with E-state index in [0.717, 1.165) is 18.8 Å². The van der Waals surface area contributed by atoms with Crippen LogP contribution < -0.4 is 10.1 Å². The fourth-order valence-electron chi connectivity index (χ4n) is 1.26. The smallest absolute Gasteiger partial charge is 0.335 e. The summed E-state index contributed by atoms with van der Waals surface area (Å²) in [6.45, 7) is 2.26. The van der Waals surface area contributed by atoms with Gasteiger partial charge in [0.05, 0.1) is 5.56 Å². The van der Waals surface area contributed by atoms with Gasteiger partial charge in [0, 0.05) is 18.8 Å². The molecule has 4 nitrogen and oxygen atoms in total. The topological polar surface area (TPSA) is 58.6 Å². The maximum Gasteiger partial charge on any atom is 0.335 e. The van der Waals surface area contributed by atoms with Crippen molar-refractivity contribution in [2.24, 2.45) is 0 Å². The van der Waals surface area contributed by atoms with Crippen molar-refractivity contribution in [2.45, 2.75) is 0 Å².